The van der Waals surface area contributed by atoms with Crippen LogP contribution < -0.4 is 4.90 Å². The molecular formula is C16H22N6O. The number of H-pyrrole nitrogens is 1. The first kappa shape index (κ1) is 15.5. The molecule has 1 aliphatic heterocycles. The summed E-state index contributed by atoms with van der Waals surface area (Å²) in [7, 11) is 1.83. The lowest BCUT2D eigenvalue weighted by atomic mass is 9.92. The fraction of sp³-hybridized carbons (Fsp3) is 0.500. The van der Waals surface area contributed by atoms with Gasteiger partial charge in [0.05, 0.1) is 23.5 Å². The zero-order valence-electron chi connectivity index (χ0n) is 13.9. The Hall–Kier alpha value is -2.44. The number of hydrogen-bond donors (Lipinski definition) is 1. The molecule has 1 saturated heterocycles. The number of hydrogen-bond acceptors (Lipinski definition) is 5. The summed E-state index contributed by atoms with van der Waals surface area (Å²) in [5, 5.41) is 15.1. The molecular weight excluding hydrogens is 292 g/mol. The molecule has 0 saturated carbocycles. The van der Waals surface area contributed by atoms with Crippen molar-refractivity contribution in [3.05, 3.63) is 35.8 Å². The van der Waals surface area contributed by atoms with Gasteiger partial charge in [-0.05, 0) is 12.1 Å². The third-order valence-corrected chi connectivity index (χ3v) is 4.22. The SMILES string of the molecule is CN(C(=O)c1cn[nH]c1)C1CN(c2ccc(C(C)(C)C)nn2)C1. The molecule has 2 aromatic heterocycles. The Bertz CT molecular complexity index is 668. The third kappa shape index (κ3) is 3.04. The van der Waals surface area contributed by atoms with Crippen LogP contribution in [0.15, 0.2) is 24.5 Å². The number of anilines is 1. The maximum Gasteiger partial charge on any atom is 0.257 e. The molecule has 0 radical (unpaired) electrons. The minimum absolute atomic E-state index is 0.000241. The smallest absolute Gasteiger partial charge is 0.257 e. The largest absolute Gasteiger partial charge is 0.351 e. The molecule has 3 heterocycles. The number of carbonyl (C=O) groups is 1. The highest BCUT2D eigenvalue weighted by molar-refractivity contribution is 5.93. The molecule has 1 fully saturated rings. The quantitative estimate of drug-likeness (QED) is 0.928. The molecule has 0 atom stereocenters. The molecule has 0 unspecified atom stereocenters. The zero-order chi connectivity index (χ0) is 16.6. The summed E-state index contributed by atoms with van der Waals surface area (Å²) >= 11 is 0. The second-order valence-electron chi connectivity index (χ2n) is 6.99. The van der Waals surface area contributed by atoms with Crippen molar-refractivity contribution in [2.24, 2.45) is 0 Å². The van der Waals surface area contributed by atoms with Crippen molar-refractivity contribution in [3.63, 3.8) is 0 Å². The highest BCUT2D eigenvalue weighted by Crippen LogP contribution is 2.24. The van der Waals surface area contributed by atoms with Gasteiger partial charge in [-0.1, -0.05) is 20.8 Å². The van der Waals surface area contributed by atoms with Crippen molar-refractivity contribution < 1.29 is 4.79 Å². The first-order valence-electron chi connectivity index (χ1n) is 7.71. The Morgan fingerprint density at radius 3 is 2.57 bits per heavy atom. The molecule has 7 heteroatoms. The molecule has 0 bridgehead atoms. The number of carbonyl (C=O) groups excluding carboxylic acids is 1. The van der Waals surface area contributed by atoms with Crippen LogP contribution in [0.1, 0.15) is 36.8 Å². The highest BCUT2D eigenvalue weighted by Gasteiger charge is 2.34. The average molecular weight is 314 g/mol. The van der Waals surface area contributed by atoms with Crippen molar-refractivity contribution >= 4 is 11.7 Å². The second kappa shape index (κ2) is 5.64. The van der Waals surface area contributed by atoms with Gasteiger partial charge in [-0.25, -0.2) is 0 Å². The van der Waals surface area contributed by atoms with Gasteiger partial charge in [0, 0.05) is 31.7 Å². The van der Waals surface area contributed by atoms with Gasteiger partial charge in [0.1, 0.15) is 0 Å². The molecule has 1 aliphatic rings. The van der Waals surface area contributed by atoms with Crippen LogP contribution in [0.3, 0.4) is 0 Å². The normalized spacial score (nSPS) is 15.4. The Kier molecular flexibility index (Phi) is 3.79. The van der Waals surface area contributed by atoms with E-state index in [4.69, 9.17) is 0 Å². The van der Waals surface area contributed by atoms with Crippen LogP contribution in [-0.2, 0) is 5.41 Å². The number of rotatable bonds is 3. The van der Waals surface area contributed by atoms with Gasteiger partial charge in [-0.2, -0.15) is 10.2 Å². The van der Waals surface area contributed by atoms with Gasteiger partial charge in [-0.15, -0.1) is 5.10 Å². The Labute approximate surface area is 135 Å². The number of likely N-dealkylation sites (N-methyl/N-ethyl adjacent to an activating group) is 1. The number of aromatic nitrogens is 4. The van der Waals surface area contributed by atoms with Crippen LogP contribution in [-0.4, -0.2) is 57.4 Å². The van der Waals surface area contributed by atoms with Gasteiger partial charge in [0.2, 0.25) is 0 Å². The van der Waals surface area contributed by atoms with E-state index in [-0.39, 0.29) is 17.4 Å². The zero-order valence-corrected chi connectivity index (χ0v) is 13.9. The summed E-state index contributed by atoms with van der Waals surface area (Å²) in [4.78, 5) is 16.1. The number of nitrogens with one attached hydrogen (secondary N) is 1. The van der Waals surface area contributed by atoms with E-state index in [2.05, 4.69) is 46.1 Å². The van der Waals surface area contributed by atoms with Gasteiger partial charge in [0.25, 0.3) is 5.91 Å². The van der Waals surface area contributed by atoms with Crippen molar-refractivity contribution in [1.82, 2.24) is 25.3 Å². The summed E-state index contributed by atoms with van der Waals surface area (Å²) in [6.45, 7) is 7.89. The second-order valence-corrected chi connectivity index (χ2v) is 6.99. The summed E-state index contributed by atoms with van der Waals surface area (Å²) in [5.74, 6) is 0.843. The van der Waals surface area contributed by atoms with Crippen LogP contribution in [0.4, 0.5) is 5.82 Å². The van der Waals surface area contributed by atoms with Gasteiger partial charge in [0.15, 0.2) is 5.82 Å². The van der Waals surface area contributed by atoms with Gasteiger partial charge in [-0.3, -0.25) is 9.89 Å². The Morgan fingerprint density at radius 1 is 1.30 bits per heavy atom. The van der Waals surface area contributed by atoms with E-state index in [1.54, 1.807) is 17.3 Å². The Balaban J connectivity index is 1.59. The Morgan fingerprint density at radius 2 is 2.04 bits per heavy atom. The maximum atomic E-state index is 12.3. The molecule has 7 nitrogen and oxygen atoms in total. The lowest BCUT2D eigenvalue weighted by molar-refractivity contribution is 0.0705. The average Bonchev–Trinajstić information content (AvgIpc) is 2.98. The van der Waals surface area contributed by atoms with Crippen LogP contribution in [0.2, 0.25) is 0 Å². The molecule has 23 heavy (non-hydrogen) atoms. The molecule has 0 spiro atoms. The maximum absolute atomic E-state index is 12.3. The number of amides is 1. The van der Waals surface area contributed by atoms with E-state index in [1.807, 2.05) is 19.2 Å². The van der Waals surface area contributed by atoms with E-state index in [1.165, 1.54) is 0 Å². The summed E-state index contributed by atoms with van der Waals surface area (Å²) in [6.07, 6.45) is 3.16. The molecule has 2 aromatic rings. The highest BCUT2D eigenvalue weighted by atomic mass is 16.2. The molecule has 3 rings (SSSR count). The van der Waals surface area contributed by atoms with Crippen LogP contribution in [0.25, 0.3) is 0 Å². The summed E-state index contributed by atoms with van der Waals surface area (Å²) < 4.78 is 0. The van der Waals surface area contributed by atoms with Crippen LogP contribution in [0, 0.1) is 0 Å². The monoisotopic (exact) mass is 314 g/mol. The lowest BCUT2D eigenvalue weighted by Gasteiger charge is -2.44. The topological polar surface area (TPSA) is 78.0 Å². The van der Waals surface area contributed by atoms with E-state index in [0.717, 1.165) is 24.6 Å². The van der Waals surface area contributed by atoms with Gasteiger partial charge >= 0.3 is 0 Å². The fourth-order valence-corrected chi connectivity index (χ4v) is 2.52. The first-order valence-corrected chi connectivity index (χ1v) is 7.71. The van der Waals surface area contributed by atoms with Crippen LogP contribution in [0.5, 0.6) is 0 Å². The minimum Gasteiger partial charge on any atom is -0.351 e. The van der Waals surface area contributed by atoms with E-state index >= 15 is 0 Å². The predicted molar refractivity (Wildman–Crippen MR) is 87.4 cm³/mol. The van der Waals surface area contributed by atoms with Gasteiger partial charge < -0.3 is 9.80 Å². The third-order valence-electron chi connectivity index (χ3n) is 4.22. The van der Waals surface area contributed by atoms with E-state index in [0.29, 0.717) is 5.56 Å². The molecule has 0 aromatic carbocycles. The van der Waals surface area contributed by atoms with Crippen molar-refractivity contribution in [2.75, 3.05) is 25.0 Å². The summed E-state index contributed by atoms with van der Waals surface area (Å²) in [6, 6.07) is 4.21. The molecule has 0 aliphatic carbocycles. The number of nitrogens with zero attached hydrogens (tertiary/aromatic N) is 5. The van der Waals surface area contributed by atoms with Crippen molar-refractivity contribution in [1.29, 1.82) is 0 Å². The molecule has 1 amide bonds. The summed E-state index contributed by atoms with van der Waals surface area (Å²) in [5.41, 5.74) is 1.56. The molecule has 1 N–H and O–H groups in total. The van der Waals surface area contributed by atoms with Crippen molar-refractivity contribution in [2.45, 2.75) is 32.2 Å². The molecule has 122 valence electrons. The van der Waals surface area contributed by atoms with Crippen LogP contribution >= 0.6 is 0 Å². The fourth-order valence-electron chi connectivity index (χ4n) is 2.52. The first-order chi connectivity index (χ1) is 10.9. The van der Waals surface area contributed by atoms with E-state index < -0.39 is 0 Å². The lowest BCUT2D eigenvalue weighted by Crippen LogP contribution is -2.60. The number of aromatic amines is 1. The van der Waals surface area contributed by atoms with E-state index in [9.17, 15) is 4.79 Å². The van der Waals surface area contributed by atoms with Crippen molar-refractivity contribution in [3.8, 4) is 0 Å². The standard InChI is InChI=1S/C16H22N6O/c1-16(2,3)13-5-6-14(20-19-13)22-9-12(10-22)21(4)15(23)11-7-17-18-8-11/h5-8,12H,9-10H2,1-4H3,(H,17,18). The minimum atomic E-state index is -0.0161. The predicted octanol–water partition coefficient (Wildman–Crippen LogP) is 1.46.